The van der Waals surface area contributed by atoms with E-state index < -0.39 is 16.6 Å². The van der Waals surface area contributed by atoms with Crippen LogP contribution < -0.4 is 0 Å². The summed E-state index contributed by atoms with van der Waals surface area (Å²) in [6.07, 6.45) is 1.87. The van der Waals surface area contributed by atoms with Gasteiger partial charge in [0.1, 0.15) is 11.5 Å². The van der Waals surface area contributed by atoms with E-state index >= 15 is 0 Å². The minimum atomic E-state index is -1.08. The fourth-order valence-corrected chi connectivity index (χ4v) is 4.09. The van der Waals surface area contributed by atoms with E-state index in [-0.39, 0.29) is 11.4 Å². The Hall–Kier alpha value is -1.67. The van der Waals surface area contributed by atoms with E-state index in [0.29, 0.717) is 17.5 Å². The molecule has 2 heterocycles. The molecular weight excluding hydrogens is 319 g/mol. The minimum absolute atomic E-state index is 0.220. The Bertz CT molecular complexity index is 701. The molecular formula is C15H19FN4O2S. The highest BCUT2D eigenvalue weighted by Crippen LogP contribution is 2.19. The Labute approximate surface area is 136 Å². The first-order valence-corrected chi connectivity index (χ1v) is 9.09. The third-order valence-electron chi connectivity index (χ3n) is 3.92. The Balaban J connectivity index is 1.73. The van der Waals surface area contributed by atoms with Crippen LogP contribution in [-0.4, -0.2) is 43.4 Å². The molecule has 124 valence electrons. The van der Waals surface area contributed by atoms with Crippen LogP contribution in [0.3, 0.4) is 0 Å². The van der Waals surface area contributed by atoms with Gasteiger partial charge in [0.05, 0.1) is 5.75 Å². The van der Waals surface area contributed by atoms with Gasteiger partial charge in [-0.05, 0) is 53.8 Å². The first-order chi connectivity index (χ1) is 11.1. The number of halogens is 1. The second-order valence-corrected chi connectivity index (χ2v) is 7.27. The molecule has 1 aromatic carbocycles. The smallest absolute Gasteiger partial charge is 0.169 e. The van der Waals surface area contributed by atoms with Crippen molar-refractivity contribution < 1.29 is 13.3 Å². The van der Waals surface area contributed by atoms with E-state index in [9.17, 15) is 8.60 Å². The lowest BCUT2D eigenvalue weighted by atomic mass is 10.0. The van der Waals surface area contributed by atoms with Crippen molar-refractivity contribution in [3.8, 4) is 5.69 Å². The molecule has 6 nitrogen and oxygen atoms in total. The van der Waals surface area contributed by atoms with Crippen molar-refractivity contribution in [1.82, 2.24) is 20.2 Å². The van der Waals surface area contributed by atoms with Gasteiger partial charge >= 0.3 is 0 Å². The number of rotatable bonds is 5. The average molecular weight is 338 g/mol. The van der Waals surface area contributed by atoms with Crippen molar-refractivity contribution in [1.29, 1.82) is 0 Å². The van der Waals surface area contributed by atoms with Crippen molar-refractivity contribution in [2.45, 2.75) is 25.5 Å². The zero-order valence-electron chi connectivity index (χ0n) is 12.9. The number of ether oxygens (including phenoxy) is 1. The van der Waals surface area contributed by atoms with Gasteiger partial charge in [0.2, 0.25) is 0 Å². The van der Waals surface area contributed by atoms with Gasteiger partial charge in [-0.25, -0.2) is 4.39 Å². The summed E-state index contributed by atoms with van der Waals surface area (Å²) in [5, 5.41) is 11.4. The first-order valence-electron chi connectivity index (χ1n) is 7.60. The van der Waals surface area contributed by atoms with Crippen molar-refractivity contribution in [2.75, 3.05) is 19.0 Å². The van der Waals surface area contributed by atoms with Crippen molar-refractivity contribution in [3.63, 3.8) is 0 Å². The maximum absolute atomic E-state index is 14.0. The summed E-state index contributed by atoms with van der Waals surface area (Å²) >= 11 is 0. The summed E-state index contributed by atoms with van der Waals surface area (Å²) < 4.78 is 33.0. The van der Waals surface area contributed by atoms with Crippen LogP contribution in [0.15, 0.2) is 18.2 Å². The van der Waals surface area contributed by atoms with Crippen LogP contribution in [0.2, 0.25) is 0 Å². The molecule has 0 aliphatic carbocycles. The molecule has 1 atom stereocenters. The third-order valence-corrected chi connectivity index (χ3v) is 5.34. The molecule has 0 unspecified atom stereocenters. The first kappa shape index (κ1) is 16.2. The van der Waals surface area contributed by atoms with Crippen LogP contribution in [-0.2, 0) is 21.3 Å². The van der Waals surface area contributed by atoms with E-state index in [0.717, 1.165) is 31.6 Å². The summed E-state index contributed by atoms with van der Waals surface area (Å²) in [5.74, 6) is 1.24. The molecule has 0 spiro atoms. The predicted molar refractivity (Wildman–Crippen MR) is 84.1 cm³/mol. The van der Waals surface area contributed by atoms with Gasteiger partial charge in [0.25, 0.3) is 0 Å². The third kappa shape index (κ3) is 4.00. The zero-order chi connectivity index (χ0) is 16.2. The van der Waals surface area contributed by atoms with Crippen LogP contribution in [0.1, 0.15) is 24.2 Å². The Morgan fingerprint density at radius 3 is 2.96 bits per heavy atom. The molecule has 23 heavy (non-hydrogen) atoms. The molecule has 8 heteroatoms. The zero-order valence-corrected chi connectivity index (χ0v) is 13.8. The van der Waals surface area contributed by atoms with Crippen molar-refractivity contribution in [3.05, 3.63) is 35.4 Å². The van der Waals surface area contributed by atoms with Crippen LogP contribution >= 0.6 is 0 Å². The van der Waals surface area contributed by atoms with Gasteiger partial charge in [0, 0.05) is 29.8 Å². The van der Waals surface area contributed by atoms with Crippen molar-refractivity contribution in [2.24, 2.45) is 5.92 Å². The molecule has 0 radical (unpaired) electrons. The van der Waals surface area contributed by atoms with E-state index in [1.807, 2.05) is 6.92 Å². The molecule has 1 fully saturated rings. The minimum Gasteiger partial charge on any atom is -0.381 e. The highest BCUT2D eigenvalue weighted by atomic mass is 32.2. The average Bonchev–Trinajstić information content (AvgIpc) is 2.98. The van der Waals surface area contributed by atoms with Gasteiger partial charge in [-0.3, -0.25) is 4.21 Å². The highest BCUT2D eigenvalue weighted by Gasteiger charge is 2.20. The molecule has 1 aliphatic rings. The number of hydrogen-bond donors (Lipinski definition) is 0. The molecule has 0 saturated carbocycles. The fraction of sp³-hybridized carbons (Fsp3) is 0.533. The standard InChI is InChI=1S/C15H19FN4O2S/c1-11-2-3-13(16)14(8-11)20-15(17-18-19-20)10-23(21)9-12-4-6-22-7-5-12/h2-3,8,12H,4-7,9-10H2,1H3/t23-/m0/s1. The van der Waals surface area contributed by atoms with Gasteiger partial charge in [-0.15, -0.1) is 5.10 Å². The summed E-state index contributed by atoms with van der Waals surface area (Å²) in [7, 11) is -1.08. The Morgan fingerprint density at radius 2 is 2.17 bits per heavy atom. The largest absolute Gasteiger partial charge is 0.381 e. The molecule has 1 saturated heterocycles. The van der Waals surface area contributed by atoms with E-state index in [4.69, 9.17) is 4.74 Å². The van der Waals surface area contributed by atoms with Crippen LogP contribution in [0.4, 0.5) is 4.39 Å². The van der Waals surface area contributed by atoms with Gasteiger partial charge in [-0.1, -0.05) is 6.07 Å². The summed E-state index contributed by atoms with van der Waals surface area (Å²) in [6, 6.07) is 4.75. The van der Waals surface area contributed by atoms with Crippen LogP contribution in [0.5, 0.6) is 0 Å². The molecule has 2 aromatic rings. The number of aryl methyl sites for hydroxylation is 1. The topological polar surface area (TPSA) is 69.9 Å². The lowest BCUT2D eigenvalue weighted by Crippen LogP contribution is -2.22. The highest BCUT2D eigenvalue weighted by molar-refractivity contribution is 7.84. The predicted octanol–water partition coefficient (Wildman–Crippen LogP) is 1.79. The molecule has 1 aromatic heterocycles. The van der Waals surface area contributed by atoms with E-state index in [1.165, 1.54) is 10.7 Å². The van der Waals surface area contributed by atoms with Crippen molar-refractivity contribution >= 4 is 10.8 Å². The lowest BCUT2D eigenvalue weighted by molar-refractivity contribution is 0.0725. The second kappa shape index (κ2) is 7.27. The van der Waals surface area contributed by atoms with Gasteiger partial charge < -0.3 is 4.74 Å². The quantitative estimate of drug-likeness (QED) is 0.831. The number of benzene rings is 1. The lowest BCUT2D eigenvalue weighted by Gasteiger charge is -2.21. The molecule has 3 rings (SSSR count). The van der Waals surface area contributed by atoms with E-state index in [1.54, 1.807) is 12.1 Å². The monoisotopic (exact) mass is 338 g/mol. The molecule has 0 N–H and O–H groups in total. The normalized spacial score (nSPS) is 17.3. The molecule has 0 bridgehead atoms. The Kier molecular flexibility index (Phi) is 5.12. The second-order valence-electron chi connectivity index (χ2n) is 5.77. The van der Waals surface area contributed by atoms with Gasteiger partial charge in [-0.2, -0.15) is 4.68 Å². The summed E-state index contributed by atoms with van der Waals surface area (Å²) in [4.78, 5) is 0. The fourth-order valence-electron chi connectivity index (χ4n) is 2.65. The van der Waals surface area contributed by atoms with Crippen LogP contribution in [0.25, 0.3) is 5.69 Å². The molecule has 1 aliphatic heterocycles. The van der Waals surface area contributed by atoms with E-state index in [2.05, 4.69) is 15.5 Å². The summed E-state index contributed by atoms with van der Waals surface area (Å²) in [5.41, 5.74) is 1.19. The molecule has 0 amide bonds. The maximum atomic E-state index is 14.0. The maximum Gasteiger partial charge on any atom is 0.169 e. The Morgan fingerprint density at radius 1 is 1.39 bits per heavy atom. The van der Waals surface area contributed by atoms with Gasteiger partial charge in [0.15, 0.2) is 5.82 Å². The van der Waals surface area contributed by atoms with Crippen LogP contribution in [0, 0.1) is 18.7 Å². The summed E-state index contributed by atoms with van der Waals surface area (Å²) in [6.45, 7) is 3.33. The SMILES string of the molecule is Cc1ccc(F)c(-n2nnnc2C[S@@](=O)CC2CCOCC2)c1. The number of tetrazole rings is 1. The number of nitrogens with zero attached hydrogens (tertiary/aromatic N) is 4. The number of aromatic nitrogens is 4. The number of hydrogen-bond acceptors (Lipinski definition) is 5.